The quantitative estimate of drug-likeness (QED) is 0.487. The molecule has 2 aromatic rings. The highest BCUT2D eigenvalue weighted by Gasteiger charge is 2.12. The second-order valence-electron chi connectivity index (χ2n) is 7.30. The number of hydrogen-bond donors (Lipinski definition) is 1. The molecule has 2 heterocycles. The van der Waals surface area contributed by atoms with E-state index in [2.05, 4.69) is 29.3 Å². The van der Waals surface area contributed by atoms with Crippen LogP contribution in [-0.2, 0) is 4.74 Å². The summed E-state index contributed by atoms with van der Waals surface area (Å²) in [5.41, 5.74) is 4.01. The van der Waals surface area contributed by atoms with Crippen LogP contribution in [0.4, 0.5) is 0 Å². The highest BCUT2D eigenvalue weighted by atomic mass is 32.1. The largest absolute Gasteiger partial charge is 0.493 e. The molecule has 1 fully saturated rings. The molecule has 1 aromatic carbocycles. The van der Waals surface area contributed by atoms with Crippen LogP contribution in [0.25, 0.3) is 0 Å². The van der Waals surface area contributed by atoms with Gasteiger partial charge in [0.1, 0.15) is 6.61 Å². The van der Waals surface area contributed by atoms with E-state index in [1.54, 1.807) is 24.7 Å². The third-order valence-corrected chi connectivity index (χ3v) is 6.02. The van der Waals surface area contributed by atoms with Crippen LogP contribution in [0.1, 0.15) is 40.6 Å². The zero-order chi connectivity index (χ0) is 21.3. The molecule has 3 rings (SSSR count). The molecule has 1 saturated heterocycles. The number of amides is 1. The highest BCUT2D eigenvalue weighted by Crippen LogP contribution is 2.27. The number of ether oxygens (including phenoxy) is 3. The van der Waals surface area contributed by atoms with Crippen molar-refractivity contribution in [2.24, 2.45) is 5.10 Å². The van der Waals surface area contributed by atoms with Gasteiger partial charge < -0.3 is 14.2 Å². The Bertz CT molecular complexity index is 860. The van der Waals surface area contributed by atoms with Crippen molar-refractivity contribution in [3.63, 3.8) is 0 Å². The Hall–Kier alpha value is -2.42. The molecule has 1 aromatic heterocycles. The number of hydrogen-bond acceptors (Lipinski definition) is 7. The molecule has 1 N–H and O–H groups in total. The second-order valence-corrected chi connectivity index (χ2v) is 8.25. The van der Waals surface area contributed by atoms with Crippen LogP contribution in [0.15, 0.2) is 34.7 Å². The van der Waals surface area contributed by atoms with Gasteiger partial charge in [-0.1, -0.05) is 13.8 Å². The molecular formula is C22H29N3O4S. The summed E-state index contributed by atoms with van der Waals surface area (Å²) >= 11 is 1.59. The van der Waals surface area contributed by atoms with Gasteiger partial charge in [0.05, 0.1) is 32.1 Å². The first-order valence-electron chi connectivity index (χ1n) is 10.1. The number of methoxy groups -OCH3 is 1. The fourth-order valence-corrected chi connectivity index (χ4v) is 3.90. The van der Waals surface area contributed by atoms with Gasteiger partial charge in [-0.2, -0.15) is 5.10 Å². The number of carbonyl (C=O) groups excluding carboxylic acids is 1. The van der Waals surface area contributed by atoms with Crippen LogP contribution >= 0.6 is 11.3 Å². The summed E-state index contributed by atoms with van der Waals surface area (Å²) in [6, 6.07) is 7.48. The number of nitrogens with one attached hydrogen (secondary N) is 1. The van der Waals surface area contributed by atoms with E-state index >= 15 is 0 Å². The number of hydrazone groups is 1. The molecule has 1 aliphatic rings. The molecule has 0 saturated carbocycles. The van der Waals surface area contributed by atoms with Crippen molar-refractivity contribution in [1.82, 2.24) is 10.3 Å². The van der Waals surface area contributed by atoms with Crippen molar-refractivity contribution in [3.05, 3.63) is 45.6 Å². The number of thiophene rings is 1. The smallest absolute Gasteiger partial charge is 0.272 e. The van der Waals surface area contributed by atoms with Crippen molar-refractivity contribution in [3.8, 4) is 11.5 Å². The van der Waals surface area contributed by atoms with E-state index in [9.17, 15) is 4.79 Å². The van der Waals surface area contributed by atoms with Gasteiger partial charge in [-0.05, 0) is 35.7 Å². The van der Waals surface area contributed by atoms with E-state index in [1.165, 1.54) is 4.88 Å². The van der Waals surface area contributed by atoms with Crippen LogP contribution in [0.5, 0.6) is 11.5 Å². The van der Waals surface area contributed by atoms with E-state index in [1.807, 2.05) is 29.6 Å². The lowest BCUT2D eigenvalue weighted by atomic mass is 10.1. The molecule has 1 amide bonds. The van der Waals surface area contributed by atoms with Gasteiger partial charge in [0.25, 0.3) is 5.91 Å². The van der Waals surface area contributed by atoms with Crippen LogP contribution in [0.2, 0.25) is 0 Å². The molecule has 0 radical (unpaired) electrons. The minimum atomic E-state index is -0.218. The topological polar surface area (TPSA) is 72.4 Å². The summed E-state index contributed by atoms with van der Waals surface area (Å²) < 4.78 is 16.7. The SMILES string of the molecule is COc1cc(/C=N/NC(=O)c2csc(C(C)C)c2)ccc1OCCN1CCOCC1. The summed E-state index contributed by atoms with van der Waals surface area (Å²) in [5, 5.41) is 5.92. The Kier molecular flexibility index (Phi) is 8.24. The van der Waals surface area contributed by atoms with Gasteiger partial charge in [-0.15, -0.1) is 11.3 Å². The Morgan fingerprint density at radius 3 is 2.80 bits per heavy atom. The zero-order valence-electron chi connectivity index (χ0n) is 17.7. The van der Waals surface area contributed by atoms with Crippen molar-refractivity contribution in [1.29, 1.82) is 0 Å². The van der Waals surface area contributed by atoms with Gasteiger partial charge in [0, 0.05) is 29.9 Å². The monoisotopic (exact) mass is 431 g/mol. The summed E-state index contributed by atoms with van der Waals surface area (Å²) in [7, 11) is 1.61. The standard InChI is InChI=1S/C22H29N3O4S/c1-16(2)21-13-18(15-30-21)22(26)24-23-14-17-4-5-19(20(12-17)27-3)29-11-8-25-6-9-28-10-7-25/h4-5,12-16H,6-11H2,1-3H3,(H,24,26)/b23-14+. The molecule has 0 atom stereocenters. The summed E-state index contributed by atoms with van der Waals surface area (Å²) in [5.74, 6) is 1.50. The molecule has 162 valence electrons. The van der Waals surface area contributed by atoms with Crippen LogP contribution in [0, 0.1) is 0 Å². The van der Waals surface area contributed by atoms with Gasteiger partial charge in [0.15, 0.2) is 11.5 Å². The summed E-state index contributed by atoms with van der Waals surface area (Å²) in [6.07, 6.45) is 1.59. The first-order chi connectivity index (χ1) is 14.6. The first-order valence-corrected chi connectivity index (χ1v) is 11.0. The van der Waals surface area contributed by atoms with Crippen molar-refractivity contribution in [2.45, 2.75) is 19.8 Å². The molecule has 30 heavy (non-hydrogen) atoms. The average molecular weight is 432 g/mol. The maximum atomic E-state index is 12.2. The molecule has 1 aliphatic heterocycles. The fraction of sp³-hybridized carbons (Fsp3) is 0.455. The predicted octanol–water partition coefficient (Wildman–Crippen LogP) is 3.36. The molecule has 0 bridgehead atoms. The molecule has 8 heteroatoms. The van der Waals surface area contributed by atoms with Gasteiger partial charge in [-0.25, -0.2) is 5.43 Å². The molecule has 0 unspecified atom stereocenters. The lowest BCUT2D eigenvalue weighted by molar-refractivity contribution is 0.0321. The summed E-state index contributed by atoms with van der Waals surface area (Å²) in [4.78, 5) is 15.7. The first kappa shape index (κ1) is 22.3. The van der Waals surface area contributed by atoms with Crippen LogP contribution in [-0.4, -0.2) is 63.6 Å². The van der Waals surface area contributed by atoms with Crippen LogP contribution in [0.3, 0.4) is 0 Å². The predicted molar refractivity (Wildman–Crippen MR) is 119 cm³/mol. The van der Waals surface area contributed by atoms with E-state index in [0.29, 0.717) is 29.6 Å². The number of morpholine rings is 1. The van der Waals surface area contributed by atoms with Gasteiger partial charge in [0.2, 0.25) is 0 Å². The Balaban J connectivity index is 1.52. The molecule has 0 spiro atoms. The Morgan fingerprint density at radius 1 is 1.30 bits per heavy atom. The van der Waals surface area contributed by atoms with Crippen molar-refractivity contribution in [2.75, 3.05) is 46.6 Å². The third kappa shape index (κ3) is 6.29. The van der Waals surface area contributed by atoms with Crippen molar-refractivity contribution >= 4 is 23.5 Å². The Morgan fingerprint density at radius 2 is 2.10 bits per heavy atom. The average Bonchev–Trinajstić information content (AvgIpc) is 3.26. The number of rotatable bonds is 9. The van der Waals surface area contributed by atoms with E-state index in [0.717, 1.165) is 38.4 Å². The van der Waals surface area contributed by atoms with Gasteiger partial charge >= 0.3 is 0 Å². The normalized spacial score (nSPS) is 14.9. The molecule has 7 nitrogen and oxygen atoms in total. The lowest BCUT2D eigenvalue weighted by Gasteiger charge is -2.26. The minimum Gasteiger partial charge on any atom is -0.493 e. The zero-order valence-corrected chi connectivity index (χ0v) is 18.5. The minimum absolute atomic E-state index is 0.218. The van der Waals surface area contributed by atoms with E-state index in [4.69, 9.17) is 14.2 Å². The summed E-state index contributed by atoms with van der Waals surface area (Å²) in [6.45, 7) is 9.07. The highest BCUT2D eigenvalue weighted by molar-refractivity contribution is 7.10. The number of carbonyl (C=O) groups is 1. The second kappa shape index (κ2) is 11.1. The molecule has 0 aliphatic carbocycles. The lowest BCUT2D eigenvalue weighted by Crippen LogP contribution is -2.38. The Labute approximate surface area is 181 Å². The van der Waals surface area contributed by atoms with Gasteiger partial charge in [-0.3, -0.25) is 9.69 Å². The third-order valence-electron chi connectivity index (χ3n) is 4.79. The van der Waals surface area contributed by atoms with E-state index < -0.39 is 0 Å². The van der Waals surface area contributed by atoms with Crippen LogP contribution < -0.4 is 14.9 Å². The number of benzene rings is 1. The van der Waals surface area contributed by atoms with E-state index in [-0.39, 0.29) is 5.91 Å². The van der Waals surface area contributed by atoms with Crippen molar-refractivity contribution < 1.29 is 19.0 Å². The molecular weight excluding hydrogens is 402 g/mol. The maximum absolute atomic E-state index is 12.2. The fourth-order valence-electron chi connectivity index (χ4n) is 3.00. The number of nitrogens with zero attached hydrogens (tertiary/aromatic N) is 2. The maximum Gasteiger partial charge on any atom is 0.272 e.